The van der Waals surface area contributed by atoms with Gasteiger partial charge in [0.15, 0.2) is 0 Å². The van der Waals surface area contributed by atoms with Crippen LogP contribution in [0.1, 0.15) is 16.8 Å². The molecule has 0 atom stereocenters. The molecule has 4 nitrogen and oxygen atoms in total. The zero-order valence-corrected chi connectivity index (χ0v) is 11.2. The molecule has 0 unspecified atom stereocenters. The molecule has 0 saturated carbocycles. The summed E-state index contributed by atoms with van der Waals surface area (Å²) in [5.74, 6) is 0. The van der Waals surface area contributed by atoms with Crippen molar-refractivity contribution in [2.24, 2.45) is 0 Å². The molecule has 0 aliphatic carbocycles. The average molecular weight is 253 g/mol. The quantitative estimate of drug-likeness (QED) is 0.724. The Morgan fingerprint density at radius 3 is 2.42 bits per heavy atom. The van der Waals surface area contributed by atoms with Gasteiger partial charge in [-0.1, -0.05) is 6.07 Å². The molecule has 3 aromatic rings. The monoisotopic (exact) mass is 253 g/mol. The number of fused-ring (bicyclic) bond motifs is 1. The van der Waals surface area contributed by atoms with E-state index in [2.05, 4.69) is 42.1 Å². The van der Waals surface area contributed by atoms with Crippen molar-refractivity contribution in [3.63, 3.8) is 0 Å². The van der Waals surface area contributed by atoms with E-state index in [0.717, 1.165) is 16.9 Å². The van der Waals surface area contributed by atoms with Crippen LogP contribution in [0.2, 0.25) is 0 Å². The maximum atomic E-state index is 11.9. The van der Waals surface area contributed by atoms with Crippen LogP contribution in [0.4, 0.5) is 0 Å². The summed E-state index contributed by atoms with van der Waals surface area (Å²) >= 11 is 0. The van der Waals surface area contributed by atoms with Crippen LogP contribution in [0.3, 0.4) is 0 Å². The topological polar surface area (TPSA) is 50.7 Å². The summed E-state index contributed by atoms with van der Waals surface area (Å²) in [6.07, 6.45) is 1.62. The highest BCUT2D eigenvalue weighted by Gasteiger charge is 2.09. The van der Waals surface area contributed by atoms with Gasteiger partial charge < -0.3 is 4.98 Å². The second-order valence-electron chi connectivity index (χ2n) is 4.98. The lowest BCUT2D eigenvalue weighted by Crippen LogP contribution is -2.07. The molecule has 4 heteroatoms. The van der Waals surface area contributed by atoms with Crippen molar-refractivity contribution in [2.75, 3.05) is 0 Å². The minimum Gasteiger partial charge on any atom is -0.326 e. The van der Waals surface area contributed by atoms with Crippen LogP contribution in [0.15, 0.2) is 35.3 Å². The molecule has 0 bridgehead atoms. The number of hydrogen-bond donors (Lipinski definition) is 1. The zero-order valence-electron chi connectivity index (χ0n) is 11.2. The van der Waals surface area contributed by atoms with E-state index in [1.807, 2.05) is 17.7 Å². The van der Waals surface area contributed by atoms with E-state index in [9.17, 15) is 4.79 Å². The number of rotatable bonds is 1. The zero-order chi connectivity index (χ0) is 13.6. The van der Waals surface area contributed by atoms with Crippen molar-refractivity contribution in [2.45, 2.75) is 20.8 Å². The van der Waals surface area contributed by atoms with Crippen LogP contribution in [0.5, 0.6) is 0 Å². The lowest BCUT2D eigenvalue weighted by molar-refractivity contribution is 0.906. The summed E-state index contributed by atoms with van der Waals surface area (Å²) in [6, 6.07) is 8.20. The molecule has 0 fully saturated rings. The summed E-state index contributed by atoms with van der Waals surface area (Å²) < 4.78 is 1.82. The van der Waals surface area contributed by atoms with Gasteiger partial charge in [0.25, 0.3) is 5.56 Å². The number of hydrogen-bond acceptors (Lipinski definition) is 2. The number of benzene rings is 1. The lowest BCUT2D eigenvalue weighted by Gasteiger charge is -2.06. The largest absolute Gasteiger partial charge is 0.326 e. The average Bonchev–Trinajstić information content (AvgIpc) is 2.71. The second-order valence-corrected chi connectivity index (χ2v) is 4.98. The molecule has 0 amide bonds. The van der Waals surface area contributed by atoms with Gasteiger partial charge in [-0.3, -0.25) is 4.79 Å². The standard InChI is InChI=1S/C15H15N3O/c1-9-4-10(2)6-12(5-9)18-14-7-11(3)17-15(19)13(14)8-16-18/h4-8H,1-3H3,(H,17,19). The molecule has 0 aliphatic rings. The predicted octanol–water partition coefficient (Wildman–Crippen LogP) is 2.64. The van der Waals surface area contributed by atoms with Crippen molar-refractivity contribution in [1.29, 1.82) is 0 Å². The van der Waals surface area contributed by atoms with E-state index >= 15 is 0 Å². The van der Waals surface area contributed by atoms with Gasteiger partial charge >= 0.3 is 0 Å². The first-order valence-electron chi connectivity index (χ1n) is 6.21. The Kier molecular flexibility index (Phi) is 2.52. The van der Waals surface area contributed by atoms with Crippen molar-refractivity contribution in [3.05, 3.63) is 57.6 Å². The van der Waals surface area contributed by atoms with Crippen molar-refractivity contribution in [3.8, 4) is 5.69 Å². The van der Waals surface area contributed by atoms with Gasteiger partial charge in [-0.2, -0.15) is 5.10 Å². The Morgan fingerprint density at radius 2 is 1.74 bits per heavy atom. The molecule has 1 N–H and O–H groups in total. The van der Waals surface area contributed by atoms with Gasteiger partial charge in [-0.15, -0.1) is 0 Å². The molecule has 0 radical (unpaired) electrons. The molecular formula is C15H15N3O. The van der Waals surface area contributed by atoms with Gasteiger partial charge in [0.05, 0.1) is 22.8 Å². The highest BCUT2D eigenvalue weighted by Crippen LogP contribution is 2.18. The molecule has 2 aromatic heterocycles. The van der Waals surface area contributed by atoms with Gasteiger partial charge in [-0.25, -0.2) is 4.68 Å². The van der Waals surface area contributed by atoms with Gasteiger partial charge in [0, 0.05) is 5.69 Å². The maximum Gasteiger partial charge on any atom is 0.259 e. The summed E-state index contributed by atoms with van der Waals surface area (Å²) in [6.45, 7) is 5.99. The fourth-order valence-corrected chi connectivity index (χ4v) is 2.44. The number of pyridine rings is 1. The predicted molar refractivity (Wildman–Crippen MR) is 75.9 cm³/mol. The third-order valence-electron chi connectivity index (χ3n) is 3.17. The number of aromatic amines is 1. The molecule has 0 spiro atoms. The minimum absolute atomic E-state index is 0.0920. The first-order chi connectivity index (χ1) is 9.04. The molecule has 96 valence electrons. The fourth-order valence-electron chi connectivity index (χ4n) is 2.44. The van der Waals surface area contributed by atoms with Crippen LogP contribution < -0.4 is 5.56 Å². The number of nitrogens with one attached hydrogen (secondary N) is 1. The summed E-state index contributed by atoms with van der Waals surface area (Å²) in [5, 5.41) is 4.96. The van der Waals surface area contributed by atoms with Gasteiger partial charge in [-0.05, 0) is 50.1 Å². The maximum absolute atomic E-state index is 11.9. The van der Waals surface area contributed by atoms with E-state index < -0.39 is 0 Å². The smallest absolute Gasteiger partial charge is 0.259 e. The molecule has 0 aliphatic heterocycles. The van der Waals surface area contributed by atoms with Crippen LogP contribution in [0.25, 0.3) is 16.6 Å². The molecule has 3 rings (SSSR count). The first kappa shape index (κ1) is 11.7. The highest BCUT2D eigenvalue weighted by molar-refractivity contribution is 5.79. The SMILES string of the molecule is Cc1cc(C)cc(-n2ncc3c(=O)[nH]c(C)cc32)c1. The van der Waals surface area contributed by atoms with Crippen LogP contribution in [-0.2, 0) is 0 Å². The van der Waals surface area contributed by atoms with Crippen molar-refractivity contribution in [1.82, 2.24) is 14.8 Å². The van der Waals surface area contributed by atoms with E-state index in [-0.39, 0.29) is 5.56 Å². The van der Waals surface area contributed by atoms with Crippen molar-refractivity contribution < 1.29 is 0 Å². The minimum atomic E-state index is -0.0920. The fraction of sp³-hybridized carbons (Fsp3) is 0.200. The summed E-state index contributed by atoms with van der Waals surface area (Å²) in [4.78, 5) is 14.7. The lowest BCUT2D eigenvalue weighted by atomic mass is 10.1. The molecule has 0 saturated heterocycles. The number of nitrogens with zero attached hydrogens (tertiary/aromatic N) is 2. The van der Waals surface area contributed by atoms with Crippen molar-refractivity contribution >= 4 is 10.9 Å². The Morgan fingerprint density at radius 1 is 1.05 bits per heavy atom. The Bertz CT molecular complexity index is 807. The first-order valence-corrected chi connectivity index (χ1v) is 6.21. The molecule has 2 heterocycles. The number of H-pyrrole nitrogens is 1. The number of aryl methyl sites for hydroxylation is 3. The van der Waals surface area contributed by atoms with Gasteiger partial charge in [0.1, 0.15) is 0 Å². The molecular weight excluding hydrogens is 238 g/mol. The van der Waals surface area contributed by atoms with Crippen LogP contribution in [0, 0.1) is 20.8 Å². The third kappa shape index (κ3) is 1.95. The van der Waals surface area contributed by atoms with E-state index in [4.69, 9.17) is 0 Å². The summed E-state index contributed by atoms with van der Waals surface area (Å²) in [5.41, 5.74) is 4.93. The number of aromatic nitrogens is 3. The molecule has 1 aromatic carbocycles. The highest BCUT2D eigenvalue weighted by atomic mass is 16.1. The Hall–Kier alpha value is -2.36. The van der Waals surface area contributed by atoms with Crippen LogP contribution >= 0.6 is 0 Å². The van der Waals surface area contributed by atoms with E-state index in [1.165, 1.54) is 11.1 Å². The normalized spacial score (nSPS) is 11.1. The third-order valence-corrected chi connectivity index (χ3v) is 3.17. The molecule has 19 heavy (non-hydrogen) atoms. The van der Waals surface area contributed by atoms with E-state index in [1.54, 1.807) is 6.20 Å². The summed E-state index contributed by atoms with van der Waals surface area (Å²) in [7, 11) is 0. The van der Waals surface area contributed by atoms with Crippen LogP contribution in [-0.4, -0.2) is 14.8 Å². The van der Waals surface area contributed by atoms with E-state index in [0.29, 0.717) is 5.39 Å². The Balaban J connectivity index is 2.34. The second kappa shape index (κ2) is 4.09. The Labute approximate surface area is 110 Å². The van der Waals surface area contributed by atoms with Gasteiger partial charge in [0.2, 0.25) is 0 Å².